The quantitative estimate of drug-likeness (QED) is 0.484. The molecule has 0 bridgehead atoms. The lowest BCUT2D eigenvalue weighted by Gasteiger charge is -2.43. The third kappa shape index (κ3) is 3.44. The standard InChI is InChI=1S/C17H27N3O5S/c1-24-9-8-20-16(23)19(11-14(21)25-2)15(22)17(20)4-6-18(7-5-17)13-3-10-26-12-13/h13H,3-12H2,1-2H3/t13-/m1/s1. The number of amides is 3. The average molecular weight is 385 g/mol. The van der Waals surface area contributed by atoms with Crippen LogP contribution in [0.25, 0.3) is 0 Å². The SMILES string of the molecule is COCCN1C(=O)N(CC(=O)OC)C(=O)C12CCN([C@@H]1CCSC1)CC2. The molecule has 3 amide bonds. The van der Waals surface area contributed by atoms with E-state index >= 15 is 0 Å². The van der Waals surface area contributed by atoms with Gasteiger partial charge in [0.15, 0.2) is 0 Å². The topological polar surface area (TPSA) is 79.4 Å². The summed E-state index contributed by atoms with van der Waals surface area (Å²) in [5, 5.41) is 0. The first-order valence-electron chi connectivity index (χ1n) is 9.04. The van der Waals surface area contributed by atoms with E-state index in [1.165, 1.54) is 19.3 Å². The molecule has 1 atom stereocenters. The molecule has 3 rings (SSSR count). The monoisotopic (exact) mass is 385 g/mol. The Labute approximate surface area is 158 Å². The molecule has 8 nitrogen and oxygen atoms in total. The Morgan fingerprint density at radius 1 is 1.27 bits per heavy atom. The summed E-state index contributed by atoms with van der Waals surface area (Å²) in [4.78, 5) is 42.7. The number of nitrogens with zero attached hydrogens (tertiary/aromatic N) is 3. The zero-order chi connectivity index (χ0) is 18.7. The van der Waals surface area contributed by atoms with Gasteiger partial charge in [-0.3, -0.25) is 19.4 Å². The van der Waals surface area contributed by atoms with Gasteiger partial charge in [-0.2, -0.15) is 11.8 Å². The zero-order valence-electron chi connectivity index (χ0n) is 15.4. The summed E-state index contributed by atoms with van der Waals surface area (Å²) in [5.74, 6) is 1.47. The molecule has 3 heterocycles. The van der Waals surface area contributed by atoms with Crippen molar-refractivity contribution in [3.63, 3.8) is 0 Å². The van der Waals surface area contributed by atoms with Gasteiger partial charge in [0.25, 0.3) is 5.91 Å². The number of carbonyl (C=O) groups excluding carboxylic acids is 3. The smallest absolute Gasteiger partial charge is 0.328 e. The summed E-state index contributed by atoms with van der Waals surface area (Å²) in [5.41, 5.74) is -0.855. The number of methoxy groups -OCH3 is 2. The molecule has 3 fully saturated rings. The van der Waals surface area contributed by atoms with Gasteiger partial charge < -0.3 is 14.4 Å². The molecule has 1 spiro atoms. The van der Waals surface area contributed by atoms with Crippen molar-refractivity contribution in [3.8, 4) is 0 Å². The van der Waals surface area contributed by atoms with E-state index in [4.69, 9.17) is 4.74 Å². The molecule has 26 heavy (non-hydrogen) atoms. The van der Waals surface area contributed by atoms with Crippen LogP contribution in [0.5, 0.6) is 0 Å². The van der Waals surface area contributed by atoms with Crippen molar-refractivity contribution in [2.75, 3.05) is 58.5 Å². The van der Waals surface area contributed by atoms with Crippen LogP contribution >= 0.6 is 11.8 Å². The second kappa shape index (κ2) is 8.14. The summed E-state index contributed by atoms with van der Waals surface area (Å²) >= 11 is 1.97. The van der Waals surface area contributed by atoms with Crippen LogP contribution in [-0.4, -0.2) is 103 Å². The van der Waals surface area contributed by atoms with Gasteiger partial charge >= 0.3 is 12.0 Å². The van der Waals surface area contributed by atoms with E-state index in [1.54, 1.807) is 12.0 Å². The lowest BCUT2D eigenvalue weighted by Crippen LogP contribution is -2.58. The summed E-state index contributed by atoms with van der Waals surface area (Å²) in [7, 11) is 2.82. The Morgan fingerprint density at radius 2 is 2.00 bits per heavy atom. The second-order valence-electron chi connectivity index (χ2n) is 6.98. The minimum absolute atomic E-state index is 0.274. The van der Waals surface area contributed by atoms with Gasteiger partial charge in [0.1, 0.15) is 12.1 Å². The Morgan fingerprint density at radius 3 is 2.58 bits per heavy atom. The number of thioether (sulfide) groups is 1. The van der Waals surface area contributed by atoms with Gasteiger partial charge in [-0.1, -0.05) is 0 Å². The van der Waals surface area contributed by atoms with Gasteiger partial charge in [-0.05, 0) is 25.0 Å². The molecule has 0 unspecified atom stereocenters. The fourth-order valence-electron chi connectivity index (χ4n) is 4.16. The van der Waals surface area contributed by atoms with E-state index in [0.717, 1.165) is 23.7 Å². The molecule has 0 aromatic heterocycles. The molecule has 0 aromatic rings. The third-order valence-electron chi connectivity index (χ3n) is 5.70. The minimum atomic E-state index is -0.855. The Hall–Kier alpha value is -1.32. The van der Waals surface area contributed by atoms with Gasteiger partial charge in [-0.25, -0.2) is 4.79 Å². The maximum absolute atomic E-state index is 13.1. The first kappa shape index (κ1) is 19.4. The molecule has 9 heteroatoms. The highest BCUT2D eigenvalue weighted by Crippen LogP contribution is 2.38. The Kier molecular flexibility index (Phi) is 6.09. The van der Waals surface area contributed by atoms with Crippen molar-refractivity contribution in [1.82, 2.24) is 14.7 Å². The predicted octanol–water partition coefficient (Wildman–Crippen LogP) is 0.410. The van der Waals surface area contributed by atoms with E-state index in [1.807, 2.05) is 11.8 Å². The number of esters is 1. The van der Waals surface area contributed by atoms with E-state index in [0.29, 0.717) is 32.0 Å². The van der Waals surface area contributed by atoms with Crippen LogP contribution < -0.4 is 0 Å². The van der Waals surface area contributed by atoms with Gasteiger partial charge in [0.2, 0.25) is 0 Å². The van der Waals surface area contributed by atoms with E-state index < -0.39 is 17.5 Å². The molecule has 3 aliphatic heterocycles. The molecule has 0 N–H and O–H groups in total. The highest BCUT2D eigenvalue weighted by Gasteiger charge is 2.58. The van der Waals surface area contributed by atoms with Crippen LogP contribution in [-0.2, 0) is 19.1 Å². The number of hydrogen-bond acceptors (Lipinski definition) is 7. The van der Waals surface area contributed by atoms with Gasteiger partial charge in [-0.15, -0.1) is 0 Å². The number of carbonyl (C=O) groups is 3. The minimum Gasteiger partial charge on any atom is -0.468 e. The zero-order valence-corrected chi connectivity index (χ0v) is 16.3. The fourth-order valence-corrected chi connectivity index (χ4v) is 5.42. The highest BCUT2D eigenvalue weighted by atomic mass is 32.2. The first-order valence-corrected chi connectivity index (χ1v) is 10.2. The molecular formula is C17H27N3O5S. The number of likely N-dealkylation sites (tertiary alicyclic amines) is 1. The maximum Gasteiger partial charge on any atom is 0.328 e. The maximum atomic E-state index is 13.1. The lowest BCUT2D eigenvalue weighted by atomic mass is 9.85. The normalized spacial score (nSPS) is 26.2. The molecule has 0 radical (unpaired) electrons. The van der Waals surface area contributed by atoms with Crippen molar-refractivity contribution >= 4 is 29.7 Å². The largest absolute Gasteiger partial charge is 0.468 e. The summed E-state index contributed by atoms with van der Waals surface area (Å²) < 4.78 is 9.78. The van der Waals surface area contributed by atoms with E-state index in [2.05, 4.69) is 9.64 Å². The summed E-state index contributed by atoms with van der Waals surface area (Å²) in [6, 6.07) is 0.158. The van der Waals surface area contributed by atoms with Crippen LogP contribution in [0, 0.1) is 0 Å². The first-order chi connectivity index (χ1) is 12.5. The molecular weight excluding hydrogens is 358 g/mol. The number of imide groups is 1. The van der Waals surface area contributed by atoms with Crippen molar-refractivity contribution in [3.05, 3.63) is 0 Å². The molecule has 146 valence electrons. The summed E-state index contributed by atoms with van der Waals surface area (Å²) in [6.07, 6.45) is 2.38. The number of urea groups is 1. The van der Waals surface area contributed by atoms with Crippen molar-refractivity contribution in [2.45, 2.75) is 30.8 Å². The van der Waals surface area contributed by atoms with E-state index in [-0.39, 0.29) is 12.5 Å². The van der Waals surface area contributed by atoms with Crippen molar-refractivity contribution in [1.29, 1.82) is 0 Å². The highest BCUT2D eigenvalue weighted by molar-refractivity contribution is 7.99. The molecule has 3 aliphatic rings. The lowest BCUT2D eigenvalue weighted by molar-refractivity contribution is -0.146. The second-order valence-corrected chi connectivity index (χ2v) is 8.13. The number of ether oxygens (including phenoxy) is 2. The number of piperidine rings is 1. The predicted molar refractivity (Wildman–Crippen MR) is 97.0 cm³/mol. The van der Waals surface area contributed by atoms with Crippen LogP contribution in [0.1, 0.15) is 19.3 Å². The molecule has 0 aliphatic carbocycles. The summed E-state index contributed by atoms with van der Waals surface area (Å²) in [6.45, 7) is 1.95. The Bertz CT molecular complexity index is 559. The van der Waals surface area contributed by atoms with Crippen LogP contribution in [0.4, 0.5) is 4.79 Å². The van der Waals surface area contributed by atoms with Crippen LogP contribution in [0.15, 0.2) is 0 Å². The fraction of sp³-hybridized carbons (Fsp3) is 0.824. The molecule has 3 saturated heterocycles. The van der Waals surface area contributed by atoms with E-state index in [9.17, 15) is 14.4 Å². The third-order valence-corrected chi connectivity index (χ3v) is 6.85. The van der Waals surface area contributed by atoms with Crippen molar-refractivity contribution < 1.29 is 23.9 Å². The van der Waals surface area contributed by atoms with Crippen LogP contribution in [0.2, 0.25) is 0 Å². The van der Waals surface area contributed by atoms with Crippen LogP contribution in [0.3, 0.4) is 0 Å². The number of rotatable bonds is 6. The van der Waals surface area contributed by atoms with Crippen molar-refractivity contribution in [2.24, 2.45) is 0 Å². The molecule has 0 aromatic carbocycles. The Balaban J connectivity index is 1.76. The van der Waals surface area contributed by atoms with Gasteiger partial charge in [0.05, 0.1) is 13.7 Å². The number of hydrogen-bond donors (Lipinski definition) is 0. The molecule has 0 saturated carbocycles. The van der Waals surface area contributed by atoms with Gasteiger partial charge in [0, 0.05) is 38.5 Å². The average Bonchev–Trinajstić information content (AvgIpc) is 3.25.